The summed E-state index contributed by atoms with van der Waals surface area (Å²) in [6.45, 7) is 8.95. The van der Waals surface area contributed by atoms with Gasteiger partial charge in [0.15, 0.2) is 0 Å². The molecule has 0 aromatic heterocycles. The Balaban J connectivity index is 1.83. The molecule has 6 aromatic carbocycles. The molecule has 1 heteroatoms. The fraction of sp³-hybridized carbons (Fsp3) is 0.211. The van der Waals surface area contributed by atoms with Crippen molar-refractivity contribution in [2.24, 2.45) is 0 Å². The van der Waals surface area contributed by atoms with E-state index in [1.54, 1.807) is 0 Å². The van der Waals surface area contributed by atoms with Gasteiger partial charge in [0, 0.05) is 4.47 Å². The Hall–Kier alpha value is -3.42. The van der Waals surface area contributed by atoms with Crippen molar-refractivity contribution in [2.45, 2.75) is 51.4 Å². The minimum Gasteiger partial charge on any atom is -0.0616 e. The Kier molecular flexibility index (Phi) is 3.90. The third kappa shape index (κ3) is 3.78. The maximum atomic E-state index is 9.24. The van der Waals surface area contributed by atoms with Gasteiger partial charge in [0.25, 0.3) is 0 Å². The SMILES string of the molecule is [2H]c1c([2H])c([2H])c2c(-c3cc4c(cc3-c3cccc5ccccc35)C(C)(C)CCC4(C)C)c3c([2H])c([2H])c([2H])c([2H])c3c(Br)c2c1[2H]. The van der Waals surface area contributed by atoms with Crippen molar-refractivity contribution in [1.29, 1.82) is 0 Å². The third-order valence-corrected chi connectivity index (χ3v) is 9.45. The first kappa shape index (κ1) is 17.3. The molecule has 0 nitrogen and oxygen atoms in total. The van der Waals surface area contributed by atoms with Crippen LogP contribution in [0.3, 0.4) is 0 Å². The first-order valence-electron chi connectivity index (χ1n) is 17.4. The molecule has 0 saturated carbocycles. The Morgan fingerprint density at radius 1 is 0.590 bits per heavy atom. The van der Waals surface area contributed by atoms with E-state index < -0.39 is 24.2 Å². The molecule has 0 spiro atoms. The Bertz CT molecular complexity index is 2270. The molecule has 0 atom stereocenters. The highest BCUT2D eigenvalue weighted by Gasteiger charge is 2.38. The lowest BCUT2D eigenvalue weighted by Gasteiger charge is -2.42. The van der Waals surface area contributed by atoms with Gasteiger partial charge in [-0.15, -0.1) is 0 Å². The maximum absolute atomic E-state index is 9.24. The van der Waals surface area contributed by atoms with Crippen LogP contribution in [0.1, 0.15) is 62.6 Å². The zero-order valence-electron chi connectivity index (χ0n) is 30.5. The Morgan fingerprint density at radius 2 is 1.10 bits per heavy atom. The molecule has 1 aliphatic carbocycles. The number of benzene rings is 6. The molecular formula is C38H33Br. The molecule has 39 heavy (non-hydrogen) atoms. The highest BCUT2D eigenvalue weighted by molar-refractivity contribution is 9.10. The minimum absolute atomic E-state index is 0.140. The monoisotopic (exact) mass is 576 g/mol. The van der Waals surface area contributed by atoms with Gasteiger partial charge in [-0.3, -0.25) is 0 Å². The van der Waals surface area contributed by atoms with Crippen LogP contribution in [-0.2, 0) is 10.8 Å². The average Bonchev–Trinajstić information content (AvgIpc) is 3.05. The fourth-order valence-electron chi connectivity index (χ4n) is 6.35. The Morgan fingerprint density at radius 3 is 1.72 bits per heavy atom. The predicted molar refractivity (Wildman–Crippen MR) is 173 cm³/mol. The summed E-state index contributed by atoms with van der Waals surface area (Å²) in [5.41, 5.74) is 4.80. The summed E-state index contributed by atoms with van der Waals surface area (Å²) in [5, 5.41) is 2.86. The van der Waals surface area contributed by atoms with Gasteiger partial charge in [-0.2, -0.15) is 0 Å². The summed E-state index contributed by atoms with van der Waals surface area (Å²) in [6, 6.07) is 15.9. The van der Waals surface area contributed by atoms with E-state index in [-0.39, 0.29) is 61.0 Å². The molecule has 0 bridgehead atoms. The van der Waals surface area contributed by atoms with E-state index in [0.29, 0.717) is 11.1 Å². The van der Waals surface area contributed by atoms with E-state index in [1.807, 2.05) is 18.2 Å². The van der Waals surface area contributed by atoms with Crippen molar-refractivity contribution in [3.05, 3.63) is 119 Å². The zero-order valence-corrected chi connectivity index (χ0v) is 24.1. The minimum atomic E-state index is -0.406. The Labute approximate surface area is 251 Å². The van der Waals surface area contributed by atoms with Crippen LogP contribution in [0.25, 0.3) is 54.6 Å². The molecule has 1 aliphatic rings. The molecule has 0 fully saturated rings. The molecule has 0 N–H and O–H groups in total. The average molecular weight is 578 g/mol. The van der Waals surface area contributed by atoms with Crippen LogP contribution in [0, 0.1) is 0 Å². The summed E-state index contributed by atoms with van der Waals surface area (Å²) in [5.74, 6) is 0. The number of hydrogen-bond acceptors (Lipinski definition) is 0. The van der Waals surface area contributed by atoms with Crippen LogP contribution < -0.4 is 0 Å². The molecule has 0 radical (unpaired) electrons. The van der Waals surface area contributed by atoms with E-state index in [2.05, 4.69) is 80.0 Å². The van der Waals surface area contributed by atoms with Crippen LogP contribution in [0.2, 0.25) is 0 Å². The second-order valence-corrected chi connectivity index (χ2v) is 12.7. The molecule has 0 unspecified atom stereocenters. The molecule has 0 heterocycles. The largest absolute Gasteiger partial charge is 0.0630 e. The highest BCUT2D eigenvalue weighted by Crippen LogP contribution is 2.52. The summed E-state index contributed by atoms with van der Waals surface area (Å²) >= 11 is 3.57. The zero-order chi connectivity index (χ0) is 33.9. The van der Waals surface area contributed by atoms with Crippen LogP contribution in [-0.4, -0.2) is 0 Å². The van der Waals surface area contributed by atoms with Gasteiger partial charge in [-0.25, -0.2) is 0 Å². The second-order valence-electron chi connectivity index (χ2n) is 11.9. The third-order valence-electron chi connectivity index (χ3n) is 8.65. The van der Waals surface area contributed by atoms with Crippen LogP contribution >= 0.6 is 15.9 Å². The van der Waals surface area contributed by atoms with E-state index >= 15 is 0 Å². The molecule has 6 aromatic rings. The van der Waals surface area contributed by atoms with Crippen molar-refractivity contribution in [3.8, 4) is 22.3 Å². The van der Waals surface area contributed by atoms with Gasteiger partial charge in [0.2, 0.25) is 0 Å². The molecular weight excluding hydrogens is 536 g/mol. The smallest absolute Gasteiger partial charge is 0.0616 e. The number of halogens is 1. The van der Waals surface area contributed by atoms with E-state index in [0.717, 1.165) is 40.3 Å². The van der Waals surface area contributed by atoms with Crippen LogP contribution in [0.15, 0.2) is 107 Å². The van der Waals surface area contributed by atoms with Crippen LogP contribution in [0.4, 0.5) is 0 Å². The predicted octanol–water partition coefficient (Wildman–Crippen LogP) is 11.6. The van der Waals surface area contributed by atoms with E-state index in [9.17, 15) is 2.74 Å². The fourth-order valence-corrected chi connectivity index (χ4v) is 6.95. The molecule has 0 aliphatic heterocycles. The van der Waals surface area contributed by atoms with Gasteiger partial charge in [-0.05, 0) is 117 Å². The van der Waals surface area contributed by atoms with Crippen molar-refractivity contribution in [1.82, 2.24) is 0 Å². The topological polar surface area (TPSA) is 0 Å². The van der Waals surface area contributed by atoms with Gasteiger partial charge in [-0.1, -0.05) is 118 Å². The molecule has 0 amide bonds. The molecule has 0 saturated heterocycles. The van der Waals surface area contributed by atoms with E-state index in [4.69, 9.17) is 8.22 Å². The van der Waals surface area contributed by atoms with Crippen molar-refractivity contribution in [2.75, 3.05) is 0 Å². The highest BCUT2D eigenvalue weighted by atomic mass is 79.9. The lowest BCUT2D eigenvalue weighted by atomic mass is 9.62. The lowest BCUT2D eigenvalue weighted by Crippen LogP contribution is -2.34. The van der Waals surface area contributed by atoms with Gasteiger partial charge < -0.3 is 0 Å². The maximum Gasteiger partial charge on any atom is 0.0630 e. The van der Waals surface area contributed by atoms with Gasteiger partial charge in [0.05, 0.1) is 11.0 Å². The van der Waals surface area contributed by atoms with Gasteiger partial charge in [0.1, 0.15) is 0 Å². The number of hydrogen-bond donors (Lipinski definition) is 0. The standard InChI is InChI=1S/C38H33Br/c1-37(2)20-21-38(3,4)34-23-32(31(22-33(34)37)26-19-11-13-24-12-5-6-14-25(24)26)35-27-15-7-9-17-29(27)36(39)30-18-10-8-16-28(30)35/h5-19,22-23H,20-21H2,1-4H3/i7D,8D,9D,10D,15D,16D,17D,18D. The van der Waals surface area contributed by atoms with Crippen molar-refractivity contribution in [3.63, 3.8) is 0 Å². The summed E-state index contributed by atoms with van der Waals surface area (Å²) in [7, 11) is 0. The number of rotatable bonds is 2. The van der Waals surface area contributed by atoms with E-state index in [1.165, 1.54) is 5.56 Å². The van der Waals surface area contributed by atoms with Crippen molar-refractivity contribution < 1.29 is 11.0 Å². The summed E-state index contributed by atoms with van der Waals surface area (Å²) < 4.78 is 71.2. The normalized spacial score (nSPS) is 18.9. The van der Waals surface area contributed by atoms with Gasteiger partial charge >= 0.3 is 0 Å². The first-order valence-corrected chi connectivity index (χ1v) is 14.2. The quantitative estimate of drug-likeness (QED) is 0.180. The summed E-state index contributed by atoms with van der Waals surface area (Å²) in [6.07, 6.45) is 1.94. The molecule has 192 valence electrons. The molecule has 7 rings (SSSR count). The van der Waals surface area contributed by atoms with Crippen LogP contribution in [0.5, 0.6) is 0 Å². The lowest BCUT2D eigenvalue weighted by molar-refractivity contribution is 0.332. The first-order chi connectivity index (χ1) is 22.1. The number of fused-ring (bicyclic) bond motifs is 4. The van der Waals surface area contributed by atoms with Crippen molar-refractivity contribution >= 4 is 48.2 Å². The second kappa shape index (κ2) is 8.80. The summed E-state index contributed by atoms with van der Waals surface area (Å²) in [4.78, 5) is 0.